The second-order valence-corrected chi connectivity index (χ2v) is 5.84. The van der Waals surface area contributed by atoms with Gasteiger partial charge < -0.3 is 10.1 Å². The smallest absolute Gasteiger partial charge is 0.325 e. The Hall–Kier alpha value is -1.25. The normalized spacial score (nSPS) is 32.6. The first-order valence-corrected chi connectivity index (χ1v) is 7.58. The first-order chi connectivity index (χ1) is 9.51. The van der Waals surface area contributed by atoms with Gasteiger partial charge in [0.05, 0.1) is 6.04 Å². The molecule has 20 heavy (non-hydrogen) atoms. The maximum Gasteiger partial charge on any atom is 0.325 e. The SMILES string of the molecule is C=CC(=O)NCC(=O)OC1C2CCC(C2)C1NS(=O)O. The van der Waals surface area contributed by atoms with E-state index in [1.807, 2.05) is 0 Å². The molecular formula is C12H18N2O5S. The standard InChI is InChI=1S/C12H18N2O5S/c1-2-9(15)13-6-10(16)19-12-8-4-3-7(5-8)11(12)14-20(17)18/h2,7-8,11-12,14H,1,3-6H2,(H,13,15)(H,17,18). The summed E-state index contributed by atoms with van der Waals surface area (Å²) < 4.78 is 27.8. The molecule has 0 aromatic rings. The zero-order valence-corrected chi connectivity index (χ0v) is 11.7. The van der Waals surface area contributed by atoms with Gasteiger partial charge in [-0.25, -0.2) is 8.93 Å². The number of esters is 1. The van der Waals surface area contributed by atoms with Crippen molar-refractivity contribution < 1.29 is 23.1 Å². The fourth-order valence-electron chi connectivity index (χ4n) is 3.11. The van der Waals surface area contributed by atoms with Crippen LogP contribution in [-0.2, 0) is 25.6 Å². The molecule has 0 aliphatic heterocycles. The average molecular weight is 302 g/mol. The van der Waals surface area contributed by atoms with E-state index in [-0.39, 0.29) is 24.4 Å². The van der Waals surface area contributed by atoms with Crippen molar-refractivity contribution in [2.75, 3.05) is 6.54 Å². The van der Waals surface area contributed by atoms with Gasteiger partial charge in [0.1, 0.15) is 12.6 Å². The van der Waals surface area contributed by atoms with Gasteiger partial charge in [-0.1, -0.05) is 6.58 Å². The molecule has 0 saturated heterocycles. The van der Waals surface area contributed by atoms with Crippen LogP contribution in [-0.4, -0.2) is 39.3 Å². The Labute approximate surface area is 119 Å². The largest absolute Gasteiger partial charge is 0.459 e. The zero-order chi connectivity index (χ0) is 14.7. The van der Waals surface area contributed by atoms with Gasteiger partial charge in [-0.05, 0) is 37.2 Å². The summed E-state index contributed by atoms with van der Waals surface area (Å²) in [6, 6.07) is -0.293. The number of hydrogen-bond acceptors (Lipinski definition) is 4. The lowest BCUT2D eigenvalue weighted by Crippen LogP contribution is -2.47. The third-order valence-corrected chi connectivity index (χ3v) is 4.41. The Morgan fingerprint density at radius 2 is 2.10 bits per heavy atom. The maximum absolute atomic E-state index is 11.7. The summed E-state index contributed by atoms with van der Waals surface area (Å²) in [6.45, 7) is 3.05. The van der Waals surface area contributed by atoms with E-state index in [9.17, 15) is 13.8 Å². The molecule has 2 fully saturated rings. The molecule has 1 amide bonds. The van der Waals surface area contributed by atoms with Crippen LogP contribution in [0.4, 0.5) is 0 Å². The Kier molecular flexibility index (Phi) is 4.90. The summed E-state index contributed by atoms with van der Waals surface area (Å²) in [5.74, 6) is -0.508. The van der Waals surface area contributed by atoms with Gasteiger partial charge in [0.25, 0.3) is 0 Å². The second kappa shape index (κ2) is 6.47. The molecule has 0 aromatic heterocycles. The monoisotopic (exact) mass is 302 g/mol. The number of fused-ring (bicyclic) bond motifs is 2. The number of nitrogens with one attached hydrogen (secondary N) is 2. The van der Waals surface area contributed by atoms with E-state index in [0.29, 0.717) is 0 Å². The number of carbonyl (C=O) groups is 2. The van der Waals surface area contributed by atoms with Crippen LogP contribution in [0.3, 0.4) is 0 Å². The van der Waals surface area contributed by atoms with Gasteiger partial charge in [0.15, 0.2) is 0 Å². The highest BCUT2D eigenvalue weighted by molar-refractivity contribution is 7.77. The molecule has 5 unspecified atom stereocenters. The van der Waals surface area contributed by atoms with Gasteiger partial charge in [-0.3, -0.25) is 14.1 Å². The minimum atomic E-state index is -2.13. The lowest BCUT2D eigenvalue weighted by atomic mass is 9.93. The predicted octanol–water partition coefficient (Wildman–Crippen LogP) is -0.275. The van der Waals surface area contributed by atoms with Crippen LogP contribution in [0.25, 0.3) is 0 Å². The molecule has 0 radical (unpaired) electrons. The van der Waals surface area contributed by atoms with E-state index in [1.165, 1.54) is 0 Å². The van der Waals surface area contributed by atoms with Gasteiger partial charge in [0, 0.05) is 0 Å². The number of hydrogen-bond donors (Lipinski definition) is 3. The molecule has 2 bridgehead atoms. The second-order valence-electron chi connectivity index (χ2n) is 5.10. The van der Waals surface area contributed by atoms with Crippen molar-refractivity contribution in [1.82, 2.24) is 10.0 Å². The molecule has 2 aliphatic carbocycles. The fraction of sp³-hybridized carbons (Fsp3) is 0.667. The minimum absolute atomic E-state index is 0.222. The summed E-state index contributed by atoms with van der Waals surface area (Å²) in [5.41, 5.74) is 0. The molecule has 0 spiro atoms. The summed E-state index contributed by atoms with van der Waals surface area (Å²) in [7, 11) is 0. The van der Waals surface area contributed by atoms with E-state index in [4.69, 9.17) is 9.29 Å². The highest BCUT2D eigenvalue weighted by atomic mass is 32.2. The van der Waals surface area contributed by atoms with Crippen LogP contribution in [0, 0.1) is 11.8 Å². The Bertz CT molecular complexity index is 442. The predicted molar refractivity (Wildman–Crippen MR) is 71.6 cm³/mol. The van der Waals surface area contributed by atoms with Crippen molar-refractivity contribution in [3.63, 3.8) is 0 Å². The van der Waals surface area contributed by atoms with Crippen LogP contribution in [0.5, 0.6) is 0 Å². The Morgan fingerprint density at radius 1 is 1.40 bits per heavy atom. The molecule has 0 aromatic carbocycles. The van der Waals surface area contributed by atoms with E-state index in [1.54, 1.807) is 0 Å². The number of ether oxygens (including phenoxy) is 1. The van der Waals surface area contributed by atoms with Crippen LogP contribution in [0.15, 0.2) is 12.7 Å². The van der Waals surface area contributed by atoms with Gasteiger partial charge in [-0.2, -0.15) is 0 Å². The molecule has 112 valence electrons. The lowest BCUT2D eigenvalue weighted by molar-refractivity contribution is -0.152. The van der Waals surface area contributed by atoms with Crippen molar-refractivity contribution >= 4 is 23.1 Å². The number of rotatable bonds is 6. The molecule has 0 heterocycles. The van der Waals surface area contributed by atoms with Gasteiger partial charge in [0.2, 0.25) is 17.2 Å². The summed E-state index contributed by atoms with van der Waals surface area (Å²) in [6.07, 6.45) is 3.49. The Morgan fingerprint density at radius 3 is 2.75 bits per heavy atom. The minimum Gasteiger partial charge on any atom is -0.459 e. The summed E-state index contributed by atoms with van der Waals surface area (Å²) >= 11 is -2.13. The maximum atomic E-state index is 11.7. The van der Waals surface area contributed by atoms with Crippen molar-refractivity contribution in [2.45, 2.75) is 31.4 Å². The van der Waals surface area contributed by atoms with Crippen molar-refractivity contribution in [3.8, 4) is 0 Å². The number of carbonyl (C=O) groups excluding carboxylic acids is 2. The van der Waals surface area contributed by atoms with Crippen molar-refractivity contribution in [1.29, 1.82) is 0 Å². The fourth-order valence-corrected chi connectivity index (χ4v) is 3.67. The van der Waals surface area contributed by atoms with Crippen molar-refractivity contribution in [3.05, 3.63) is 12.7 Å². The van der Waals surface area contributed by atoms with Crippen LogP contribution < -0.4 is 10.0 Å². The van der Waals surface area contributed by atoms with Crippen molar-refractivity contribution in [2.24, 2.45) is 11.8 Å². The van der Waals surface area contributed by atoms with E-state index >= 15 is 0 Å². The molecule has 2 saturated carbocycles. The third kappa shape index (κ3) is 3.44. The molecule has 2 rings (SSSR count). The van der Waals surface area contributed by atoms with Crippen LogP contribution >= 0.6 is 0 Å². The zero-order valence-electron chi connectivity index (χ0n) is 10.9. The van der Waals surface area contributed by atoms with Gasteiger partial charge >= 0.3 is 5.97 Å². The Balaban J connectivity index is 1.89. The van der Waals surface area contributed by atoms with E-state index in [0.717, 1.165) is 25.3 Å². The van der Waals surface area contributed by atoms with E-state index in [2.05, 4.69) is 16.6 Å². The van der Waals surface area contributed by atoms with Crippen LogP contribution in [0.2, 0.25) is 0 Å². The first-order valence-electron chi connectivity index (χ1n) is 6.48. The third-order valence-electron chi connectivity index (χ3n) is 3.94. The molecule has 5 atom stereocenters. The number of amides is 1. The van der Waals surface area contributed by atoms with E-state index < -0.39 is 29.2 Å². The molecule has 2 aliphatic rings. The highest BCUT2D eigenvalue weighted by Crippen LogP contribution is 2.46. The molecule has 8 heteroatoms. The highest BCUT2D eigenvalue weighted by Gasteiger charge is 2.50. The summed E-state index contributed by atoms with van der Waals surface area (Å²) in [5, 5.41) is 2.34. The average Bonchev–Trinajstić information content (AvgIpc) is 2.98. The van der Waals surface area contributed by atoms with Crippen LogP contribution in [0.1, 0.15) is 19.3 Å². The molecular weight excluding hydrogens is 284 g/mol. The topological polar surface area (TPSA) is 105 Å². The lowest BCUT2D eigenvalue weighted by Gasteiger charge is -2.30. The molecule has 3 N–H and O–H groups in total. The molecule has 7 nitrogen and oxygen atoms in total. The van der Waals surface area contributed by atoms with Gasteiger partial charge in [-0.15, -0.1) is 0 Å². The quantitative estimate of drug-likeness (QED) is 0.356. The summed E-state index contributed by atoms with van der Waals surface area (Å²) in [4.78, 5) is 22.7. The first kappa shape index (κ1) is 15.1.